The maximum absolute atomic E-state index is 10.6. The molecule has 0 bridgehead atoms. The molecule has 1 N–H and O–H groups in total. The number of carboxylic acid groups (broad SMARTS) is 1. The summed E-state index contributed by atoms with van der Waals surface area (Å²) in [6.07, 6.45) is 0.179. The Morgan fingerprint density at radius 3 is 2.56 bits per heavy atom. The van der Waals surface area contributed by atoms with Crippen LogP contribution in [0.25, 0.3) is 10.8 Å². The molecule has 1 atom stereocenters. The Kier molecular flexibility index (Phi) is 2.91. The molecule has 0 aromatic heterocycles. The molecular weight excluding hydrogens is 200 g/mol. The number of carboxylic acids is 1. The molecule has 2 aromatic rings. The summed E-state index contributed by atoms with van der Waals surface area (Å²) in [5, 5.41) is 11.1. The summed E-state index contributed by atoms with van der Waals surface area (Å²) in [6, 6.07) is 14.2. The molecule has 2 aromatic carbocycles. The third-order valence-corrected chi connectivity index (χ3v) is 2.82. The van der Waals surface area contributed by atoms with Crippen LogP contribution in [0.2, 0.25) is 0 Å². The minimum Gasteiger partial charge on any atom is -0.481 e. The van der Waals surface area contributed by atoms with Crippen molar-refractivity contribution in [2.75, 3.05) is 0 Å². The number of hydrogen-bond donors (Lipinski definition) is 1. The smallest absolute Gasteiger partial charge is 0.303 e. The fourth-order valence-electron chi connectivity index (χ4n) is 1.89. The monoisotopic (exact) mass is 214 g/mol. The summed E-state index contributed by atoms with van der Waals surface area (Å²) in [6.45, 7) is 1.94. The van der Waals surface area contributed by atoms with Crippen LogP contribution in [0.5, 0.6) is 0 Å². The lowest BCUT2D eigenvalue weighted by Crippen LogP contribution is -2.02. The van der Waals surface area contributed by atoms with E-state index in [0.717, 1.165) is 10.9 Å². The van der Waals surface area contributed by atoms with Crippen molar-refractivity contribution in [3.63, 3.8) is 0 Å². The van der Waals surface area contributed by atoms with Crippen molar-refractivity contribution < 1.29 is 9.90 Å². The van der Waals surface area contributed by atoms with Crippen LogP contribution in [-0.2, 0) is 4.79 Å². The fourth-order valence-corrected chi connectivity index (χ4v) is 1.89. The molecule has 16 heavy (non-hydrogen) atoms. The molecule has 0 amide bonds. The Bertz CT molecular complexity index is 517. The molecule has 2 heteroatoms. The van der Waals surface area contributed by atoms with Gasteiger partial charge in [-0.2, -0.15) is 0 Å². The highest BCUT2D eigenvalue weighted by Gasteiger charge is 2.10. The normalized spacial score (nSPS) is 12.6. The van der Waals surface area contributed by atoms with Gasteiger partial charge in [0.2, 0.25) is 0 Å². The molecule has 0 radical (unpaired) electrons. The minimum atomic E-state index is -0.749. The van der Waals surface area contributed by atoms with Gasteiger partial charge in [-0.15, -0.1) is 0 Å². The first kappa shape index (κ1) is 10.7. The van der Waals surface area contributed by atoms with Crippen molar-refractivity contribution in [3.05, 3.63) is 48.0 Å². The highest BCUT2D eigenvalue weighted by Crippen LogP contribution is 2.23. The van der Waals surface area contributed by atoms with Crippen molar-refractivity contribution in [1.29, 1.82) is 0 Å². The predicted octanol–water partition coefficient (Wildman–Crippen LogP) is 3.42. The van der Waals surface area contributed by atoms with Crippen molar-refractivity contribution in [1.82, 2.24) is 0 Å². The second kappa shape index (κ2) is 4.35. The van der Waals surface area contributed by atoms with E-state index in [4.69, 9.17) is 5.11 Å². The zero-order chi connectivity index (χ0) is 11.5. The van der Waals surface area contributed by atoms with E-state index in [-0.39, 0.29) is 12.3 Å². The van der Waals surface area contributed by atoms with E-state index in [0.29, 0.717) is 0 Å². The second-order valence-corrected chi connectivity index (χ2v) is 4.11. The van der Waals surface area contributed by atoms with Gasteiger partial charge < -0.3 is 5.11 Å². The third-order valence-electron chi connectivity index (χ3n) is 2.82. The number of rotatable bonds is 3. The Balaban J connectivity index is 2.35. The molecular formula is C14H14O2. The summed E-state index contributed by atoms with van der Waals surface area (Å²) in [5.74, 6) is -0.692. The SMILES string of the molecule is CC(CC(=O)O)c1ccc2ccccc2c1. The van der Waals surface area contributed by atoms with Crippen LogP contribution in [0.3, 0.4) is 0 Å². The van der Waals surface area contributed by atoms with Crippen molar-refractivity contribution in [3.8, 4) is 0 Å². The lowest BCUT2D eigenvalue weighted by molar-refractivity contribution is -0.137. The molecule has 0 aliphatic rings. The number of benzene rings is 2. The van der Waals surface area contributed by atoms with E-state index in [1.807, 2.05) is 37.3 Å². The van der Waals surface area contributed by atoms with Gasteiger partial charge in [-0.25, -0.2) is 0 Å². The van der Waals surface area contributed by atoms with Crippen LogP contribution in [-0.4, -0.2) is 11.1 Å². The van der Waals surface area contributed by atoms with Gasteiger partial charge in [-0.3, -0.25) is 4.79 Å². The zero-order valence-corrected chi connectivity index (χ0v) is 9.18. The standard InChI is InChI=1S/C14H14O2/c1-10(8-14(15)16)12-7-6-11-4-2-3-5-13(11)9-12/h2-7,9-10H,8H2,1H3,(H,15,16). The molecule has 0 spiro atoms. The highest BCUT2D eigenvalue weighted by atomic mass is 16.4. The minimum absolute atomic E-state index is 0.0575. The molecule has 2 rings (SSSR count). The van der Waals surface area contributed by atoms with Gasteiger partial charge in [0.25, 0.3) is 0 Å². The number of carbonyl (C=O) groups is 1. The maximum Gasteiger partial charge on any atom is 0.303 e. The van der Waals surface area contributed by atoms with E-state index in [9.17, 15) is 4.79 Å². The van der Waals surface area contributed by atoms with E-state index in [1.165, 1.54) is 5.39 Å². The summed E-state index contributed by atoms with van der Waals surface area (Å²) in [7, 11) is 0. The first-order valence-corrected chi connectivity index (χ1v) is 5.37. The molecule has 2 nitrogen and oxygen atoms in total. The Labute approximate surface area is 94.5 Å². The fraction of sp³-hybridized carbons (Fsp3) is 0.214. The molecule has 0 fully saturated rings. The number of aliphatic carboxylic acids is 1. The molecule has 0 aliphatic heterocycles. The second-order valence-electron chi connectivity index (χ2n) is 4.11. The molecule has 1 unspecified atom stereocenters. The van der Waals surface area contributed by atoms with Gasteiger partial charge in [-0.1, -0.05) is 49.4 Å². The summed E-state index contributed by atoms with van der Waals surface area (Å²) in [5.41, 5.74) is 1.08. The van der Waals surface area contributed by atoms with Gasteiger partial charge in [0.05, 0.1) is 6.42 Å². The van der Waals surface area contributed by atoms with Crippen molar-refractivity contribution in [2.45, 2.75) is 19.3 Å². The third kappa shape index (κ3) is 2.22. The van der Waals surface area contributed by atoms with Gasteiger partial charge in [0, 0.05) is 0 Å². The Hall–Kier alpha value is -1.83. The van der Waals surface area contributed by atoms with Gasteiger partial charge in [-0.05, 0) is 22.3 Å². The summed E-state index contributed by atoms with van der Waals surface area (Å²) in [4.78, 5) is 10.6. The number of fused-ring (bicyclic) bond motifs is 1. The zero-order valence-electron chi connectivity index (χ0n) is 9.18. The van der Waals surface area contributed by atoms with Crippen LogP contribution >= 0.6 is 0 Å². The van der Waals surface area contributed by atoms with E-state index in [1.54, 1.807) is 0 Å². The Morgan fingerprint density at radius 1 is 1.19 bits per heavy atom. The van der Waals surface area contributed by atoms with E-state index >= 15 is 0 Å². The van der Waals surface area contributed by atoms with Crippen LogP contribution < -0.4 is 0 Å². The number of hydrogen-bond acceptors (Lipinski definition) is 1. The average Bonchev–Trinajstić information content (AvgIpc) is 2.27. The van der Waals surface area contributed by atoms with Crippen LogP contribution in [0.1, 0.15) is 24.8 Å². The van der Waals surface area contributed by atoms with E-state index < -0.39 is 5.97 Å². The van der Waals surface area contributed by atoms with E-state index in [2.05, 4.69) is 12.1 Å². The predicted molar refractivity (Wildman–Crippen MR) is 64.6 cm³/mol. The summed E-state index contributed by atoms with van der Waals surface area (Å²) >= 11 is 0. The maximum atomic E-state index is 10.6. The van der Waals surface area contributed by atoms with Gasteiger partial charge in [0.1, 0.15) is 0 Å². The lowest BCUT2D eigenvalue weighted by atomic mass is 9.95. The lowest BCUT2D eigenvalue weighted by Gasteiger charge is -2.10. The molecule has 0 aliphatic carbocycles. The van der Waals surface area contributed by atoms with Crippen molar-refractivity contribution >= 4 is 16.7 Å². The first-order valence-electron chi connectivity index (χ1n) is 5.37. The largest absolute Gasteiger partial charge is 0.481 e. The van der Waals surface area contributed by atoms with Crippen LogP contribution in [0, 0.1) is 0 Å². The summed E-state index contributed by atoms with van der Waals surface area (Å²) < 4.78 is 0. The van der Waals surface area contributed by atoms with Gasteiger partial charge >= 0.3 is 5.97 Å². The molecule has 0 saturated heterocycles. The molecule has 82 valence electrons. The van der Waals surface area contributed by atoms with Gasteiger partial charge in [0.15, 0.2) is 0 Å². The topological polar surface area (TPSA) is 37.3 Å². The van der Waals surface area contributed by atoms with Crippen LogP contribution in [0.4, 0.5) is 0 Å². The van der Waals surface area contributed by atoms with Crippen LogP contribution in [0.15, 0.2) is 42.5 Å². The molecule has 0 saturated carbocycles. The average molecular weight is 214 g/mol. The molecule has 0 heterocycles. The Morgan fingerprint density at radius 2 is 1.88 bits per heavy atom. The first-order chi connectivity index (χ1) is 7.66. The highest BCUT2D eigenvalue weighted by molar-refractivity contribution is 5.83. The van der Waals surface area contributed by atoms with Crippen molar-refractivity contribution in [2.24, 2.45) is 0 Å². The quantitative estimate of drug-likeness (QED) is 0.850.